The van der Waals surface area contributed by atoms with Crippen LogP contribution in [0.2, 0.25) is 0 Å². The predicted octanol–water partition coefficient (Wildman–Crippen LogP) is 2.63. The molecule has 4 rings (SSSR count). The predicted molar refractivity (Wildman–Crippen MR) is 112 cm³/mol. The van der Waals surface area contributed by atoms with Gasteiger partial charge in [-0.25, -0.2) is 4.98 Å². The summed E-state index contributed by atoms with van der Waals surface area (Å²) in [4.78, 5) is 35.8. The highest BCUT2D eigenvalue weighted by Gasteiger charge is 2.32. The highest BCUT2D eigenvalue weighted by Crippen LogP contribution is 2.33. The number of H-pyrrole nitrogens is 1. The van der Waals surface area contributed by atoms with Crippen LogP contribution >= 0.6 is 22.7 Å². The molecule has 148 valence electrons. The number of hydrogen-bond donors (Lipinski definition) is 2. The molecule has 0 aliphatic carbocycles. The lowest BCUT2D eigenvalue weighted by atomic mass is 9.96. The van der Waals surface area contributed by atoms with E-state index in [1.54, 1.807) is 11.3 Å². The van der Waals surface area contributed by atoms with E-state index >= 15 is 0 Å². The number of carbonyl (C=O) groups excluding carboxylic acids is 1. The second-order valence-electron chi connectivity index (χ2n) is 7.16. The van der Waals surface area contributed by atoms with Crippen molar-refractivity contribution in [3.63, 3.8) is 0 Å². The van der Waals surface area contributed by atoms with Crippen molar-refractivity contribution in [2.75, 3.05) is 19.7 Å². The first kappa shape index (κ1) is 19.3. The molecule has 1 saturated heterocycles. The molecule has 3 aromatic rings. The second kappa shape index (κ2) is 8.14. The lowest BCUT2D eigenvalue weighted by Crippen LogP contribution is -3.13. The third-order valence-electron chi connectivity index (χ3n) is 5.52. The zero-order valence-corrected chi connectivity index (χ0v) is 17.6. The molecular formula is C20H24N3O3S2+. The summed E-state index contributed by atoms with van der Waals surface area (Å²) in [6, 6.07) is 4.10. The van der Waals surface area contributed by atoms with Gasteiger partial charge in [-0.2, -0.15) is 0 Å². The molecule has 3 aromatic heterocycles. The van der Waals surface area contributed by atoms with E-state index in [0.717, 1.165) is 47.0 Å². The molecule has 6 nitrogen and oxygen atoms in total. The third-order valence-corrected chi connectivity index (χ3v) is 7.29. The number of esters is 1. The van der Waals surface area contributed by atoms with Crippen molar-refractivity contribution in [1.82, 2.24) is 9.97 Å². The number of nitrogens with zero attached hydrogens (tertiary/aromatic N) is 1. The first-order chi connectivity index (χ1) is 13.6. The molecule has 0 spiro atoms. The molecule has 0 bridgehead atoms. The SMILES string of the molecule is CCOC(=O)C1CC[NH+]([C@H](C)c2nc3scc(-c4cccs4)c3c(=O)[nH]2)CC1. The molecule has 0 saturated carbocycles. The number of hydrogen-bond acceptors (Lipinski definition) is 6. The van der Waals surface area contributed by atoms with E-state index < -0.39 is 0 Å². The molecule has 8 heteroatoms. The fraction of sp³-hybridized carbons (Fsp3) is 0.450. The first-order valence-electron chi connectivity index (χ1n) is 9.65. The van der Waals surface area contributed by atoms with Gasteiger partial charge in [-0.3, -0.25) is 9.59 Å². The largest absolute Gasteiger partial charge is 0.466 e. The standard InChI is InChI=1S/C20H23N3O3S2/c1-3-26-20(25)13-6-8-23(9-7-13)12(2)17-21-18(24)16-14(11-28-19(16)22-17)15-5-4-10-27-15/h4-5,10-13H,3,6-9H2,1-2H3,(H,21,22,24)/p+1/t12-/m1/s1. The van der Waals surface area contributed by atoms with E-state index in [0.29, 0.717) is 12.0 Å². The molecule has 0 unspecified atom stereocenters. The minimum atomic E-state index is -0.0816. The van der Waals surface area contributed by atoms with Gasteiger partial charge >= 0.3 is 5.97 Å². The van der Waals surface area contributed by atoms with Gasteiger partial charge in [0.15, 0.2) is 5.82 Å². The third kappa shape index (κ3) is 3.64. The number of carbonyl (C=O) groups is 1. The number of aromatic nitrogens is 2. The summed E-state index contributed by atoms with van der Waals surface area (Å²) in [5.41, 5.74) is 0.892. The average molecular weight is 419 g/mol. The van der Waals surface area contributed by atoms with Crippen molar-refractivity contribution in [3.8, 4) is 10.4 Å². The summed E-state index contributed by atoms with van der Waals surface area (Å²) in [7, 11) is 0. The summed E-state index contributed by atoms with van der Waals surface area (Å²) < 4.78 is 5.15. The highest BCUT2D eigenvalue weighted by atomic mass is 32.1. The zero-order valence-electron chi connectivity index (χ0n) is 16.0. The Morgan fingerprint density at radius 1 is 1.39 bits per heavy atom. The Labute approximate surface area is 171 Å². The Morgan fingerprint density at radius 2 is 2.18 bits per heavy atom. The Kier molecular flexibility index (Phi) is 5.61. The van der Waals surface area contributed by atoms with Gasteiger partial charge in [0.25, 0.3) is 5.56 Å². The Hall–Kier alpha value is -2.03. The van der Waals surface area contributed by atoms with Gasteiger partial charge in [0.1, 0.15) is 10.9 Å². The van der Waals surface area contributed by atoms with E-state index in [1.807, 2.05) is 29.8 Å². The Morgan fingerprint density at radius 3 is 2.86 bits per heavy atom. The summed E-state index contributed by atoms with van der Waals surface area (Å²) >= 11 is 3.15. The molecule has 0 aromatic carbocycles. The smallest absolute Gasteiger partial charge is 0.309 e. The van der Waals surface area contributed by atoms with Gasteiger partial charge in [0, 0.05) is 28.7 Å². The van der Waals surface area contributed by atoms with Crippen molar-refractivity contribution in [2.45, 2.75) is 32.7 Å². The maximum atomic E-state index is 12.8. The molecule has 28 heavy (non-hydrogen) atoms. The van der Waals surface area contributed by atoms with E-state index in [-0.39, 0.29) is 23.5 Å². The molecule has 1 aliphatic rings. The van der Waals surface area contributed by atoms with E-state index in [2.05, 4.69) is 11.9 Å². The first-order valence-corrected chi connectivity index (χ1v) is 11.4. The zero-order chi connectivity index (χ0) is 19.7. The number of aromatic amines is 1. The number of rotatable bonds is 5. The van der Waals surface area contributed by atoms with Gasteiger partial charge in [-0.05, 0) is 25.3 Å². The fourth-order valence-electron chi connectivity index (χ4n) is 3.89. The lowest BCUT2D eigenvalue weighted by molar-refractivity contribution is -0.935. The maximum absolute atomic E-state index is 12.8. The molecule has 1 aliphatic heterocycles. The van der Waals surface area contributed by atoms with Gasteiger partial charge in [0.05, 0.1) is 31.0 Å². The van der Waals surface area contributed by atoms with Crippen molar-refractivity contribution in [3.05, 3.63) is 39.1 Å². The summed E-state index contributed by atoms with van der Waals surface area (Å²) in [6.07, 6.45) is 1.62. The quantitative estimate of drug-likeness (QED) is 0.625. The van der Waals surface area contributed by atoms with Crippen LogP contribution in [-0.4, -0.2) is 35.6 Å². The lowest BCUT2D eigenvalue weighted by Gasteiger charge is -2.31. The minimum Gasteiger partial charge on any atom is -0.466 e. The van der Waals surface area contributed by atoms with Crippen LogP contribution in [0, 0.1) is 5.92 Å². The van der Waals surface area contributed by atoms with Crippen LogP contribution in [0.3, 0.4) is 0 Å². The van der Waals surface area contributed by atoms with Crippen molar-refractivity contribution in [2.24, 2.45) is 5.92 Å². The fourth-order valence-corrected chi connectivity index (χ4v) is 5.66. The van der Waals surface area contributed by atoms with E-state index in [4.69, 9.17) is 9.72 Å². The van der Waals surface area contributed by atoms with Crippen molar-refractivity contribution >= 4 is 38.9 Å². The number of quaternary nitrogens is 1. The average Bonchev–Trinajstić information content (AvgIpc) is 3.37. The molecular weight excluding hydrogens is 394 g/mol. The number of piperidine rings is 1. The van der Waals surface area contributed by atoms with Crippen LogP contribution in [-0.2, 0) is 9.53 Å². The summed E-state index contributed by atoms with van der Waals surface area (Å²) in [5, 5.41) is 4.71. The van der Waals surface area contributed by atoms with Gasteiger partial charge in [0.2, 0.25) is 0 Å². The highest BCUT2D eigenvalue weighted by molar-refractivity contribution is 7.18. The van der Waals surface area contributed by atoms with Gasteiger partial charge in [-0.15, -0.1) is 22.7 Å². The monoisotopic (exact) mass is 418 g/mol. The Bertz CT molecular complexity index is 1020. The van der Waals surface area contributed by atoms with Gasteiger partial charge < -0.3 is 14.6 Å². The second-order valence-corrected chi connectivity index (χ2v) is 8.97. The van der Waals surface area contributed by atoms with E-state index in [9.17, 15) is 9.59 Å². The van der Waals surface area contributed by atoms with Crippen molar-refractivity contribution < 1.29 is 14.4 Å². The van der Waals surface area contributed by atoms with Crippen LogP contribution in [0.5, 0.6) is 0 Å². The molecule has 2 N–H and O–H groups in total. The number of thiophene rings is 2. The minimum absolute atomic E-state index is 0.00367. The van der Waals surface area contributed by atoms with Crippen LogP contribution in [0.15, 0.2) is 27.7 Å². The normalized spacial score (nSPS) is 20.9. The molecule has 0 amide bonds. The molecule has 4 heterocycles. The van der Waals surface area contributed by atoms with Crippen molar-refractivity contribution in [1.29, 1.82) is 0 Å². The topological polar surface area (TPSA) is 76.5 Å². The van der Waals surface area contributed by atoms with Crippen LogP contribution in [0.4, 0.5) is 0 Å². The number of likely N-dealkylation sites (tertiary alicyclic amines) is 1. The van der Waals surface area contributed by atoms with Gasteiger partial charge in [-0.1, -0.05) is 6.07 Å². The molecule has 0 radical (unpaired) electrons. The molecule has 1 atom stereocenters. The number of fused-ring (bicyclic) bond motifs is 1. The summed E-state index contributed by atoms with van der Waals surface area (Å²) in [5.74, 6) is 0.638. The number of ether oxygens (including phenoxy) is 1. The van der Waals surface area contributed by atoms with Crippen LogP contribution in [0.25, 0.3) is 20.7 Å². The Balaban J connectivity index is 1.53. The van der Waals surface area contributed by atoms with Crippen LogP contribution in [0.1, 0.15) is 38.6 Å². The number of nitrogens with one attached hydrogen (secondary N) is 2. The van der Waals surface area contributed by atoms with E-state index in [1.165, 1.54) is 16.2 Å². The van der Waals surface area contributed by atoms with Crippen LogP contribution < -0.4 is 10.5 Å². The maximum Gasteiger partial charge on any atom is 0.309 e. The summed E-state index contributed by atoms with van der Waals surface area (Å²) in [6.45, 7) is 6.11. The molecule has 1 fully saturated rings.